The van der Waals surface area contributed by atoms with Gasteiger partial charge < -0.3 is 25.6 Å². The van der Waals surface area contributed by atoms with Crippen LogP contribution in [0.4, 0.5) is 5.69 Å². The normalized spacial score (nSPS) is 17.1. The zero-order chi connectivity index (χ0) is 26.5. The fourth-order valence-electron chi connectivity index (χ4n) is 4.59. The van der Waals surface area contributed by atoms with Gasteiger partial charge in [0.15, 0.2) is 0 Å². The molecule has 8 nitrogen and oxygen atoms in total. The second-order valence-electron chi connectivity index (χ2n) is 9.51. The lowest BCUT2D eigenvalue weighted by Gasteiger charge is -2.26. The Kier molecular flexibility index (Phi) is 7.51. The number of rotatable bonds is 8. The van der Waals surface area contributed by atoms with Crippen molar-refractivity contribution in [3.63, 3.8) is 0 Å². The lowest BCUT2D eigenvalue weighted by molar-refractivity contribution is -0.115. The second kappa shape index (κ2) is 11.3. The lowest BCUT2D eigenvalue weighted by atomic mass is 9.94. The van der Waals surface area contributed by atoms with E-state index < -0.39 is 5.97 Å². The number of hydrogen-bond donors (Lipinski definition) is 3. The number of amides is 1. The molecule has 0 spiro atoms. The summed E-state index contributed by atoms with van der Waals surface area (Å²) in [5.41, 5.74) is 6.96. The maximum atomic E-state index is 12.4. The molecule has 1 fully saturated rings. The summed E-state index contributed by atoms with van der Waals surface area (Å²) in [5, 5.41) is 14.0. The fraction of sp³-hybridized carbons (Fsp3) is 0.233. The average Bonchev–Trinajstić information content (AvgIpc) is 2.91. The summed E-state index contributed by atoms with van der Waals surface area (Å²) in [7, 11) is 0. The molecular weight excluding hydrogens is 482 g/mol. The van der Waals surface area contributed by atoms with E-state index in [1.807, 2.05) is 36.4 Å². The number of carbonyl (C=O) groups excluding carboxylic acids is 1. The van der Waals surface area contributed by atoms with E-state index in [-0.39, 0.29) is 29.7 Å². The predicted octanol–water partition coefficient (Wildman–Crippen LogP) is 5.56. The summed E-state index contributed by atoms with van der Waals surface area (Å²) in [6, 6.07) is 21.9. The van der Waals surface area contributed by atoms with Crippen molar-refractivity contribution in [1.29, 1.82) is 0 Å². The number of aromatic nitrogens is 1. The third-order valence-corrected chi connectivity index (χ3v) is 6.62. The summed E-state index contributed by atoms with van der Waals surface area (Å²) in [6.07, 6.45) is 5.82. The number of fused-ring (bicyclic) bond motifs is 1. The van der Waals surface area contributed by atoms with Crippen LogP contribution >= 0.6 is 0 Å². The number of nitrogens with one attached hydrogen (secondary N) is 1. The van der Waals surface area contributed by atoms with Gasteiger partial charge in [-0.2, -0.15) is 0 Å². The third-order valence-electron chi connectivity index (χ3n) is 6.62. The number of hydrogen-bond acceptors (Lipinski definition) is 6. The summed E-state index contributed by atoms with van der Waals surface area (Å²) in [4.78, 5) is 28.1. The molecule has 1 amide bonds. The molecule has 5 rings (SSSR count). The van der Waals surface area contributed by atoms with Gasteiger partial charge in [-0.15, -0.1) is 0 Å². The topological polar surface area (TPSA) is 124 Å². The largest absolute Gasteiger partial charge is 0.490 e. The number of pyridine rings is 1. The molecule has 3 aromatic carbocycles. The van der Waals surface area contributed by atoms with Crippen molar-refractivity contribution in [2.45, 2.75) is 44.2 Å². The number of nitrogens with zero attached hydrogens (tertiary/aromatic N) is 1. The number of anilines is 1. The third kappa shape index (κ3) is 6.27. The summed E-state index contributed by atoms with van der Waals surface area (Å²) in [6.45, 7) is 0. The number of carboxylic acids is 1. The highest BCUT2D eigenvalue weighted by Gasteiger charge is 2.20. The molecule has 38 heavy (non-hydrogen) atoms. The first kappa shape index (κ1) is 25.2. The van der Waals surface area contributed by atoms with Crippen molar-refractivity contribution in [2.75, 3.05) is 5.32 Å². The van der Waals surface area contributed by atoms with Gasteiger partial charge in [0.05, 0.1) is 23.8 Å². The molecule has 1 aliphatic carbocycles. The summed E-state index contributed by atoms with van der Waals surface area (Å²) in [5.74, 6) is 0.478. The highest BCUT2D eigenvalue weighted by atomic mass is 16.5. The standard InChI is InChI=1S/C30H29N3O5/c31-22-8-12-23(13-9-22)37-24-10-6-21-17-25(11-7-20(21)16-24)38-29-14-5-19(18-32-29)15-28(34)33-27-4-2-1-3-26(27)30(35)36/h1-7,10-11,14,16-18,22-23H,8-9,12-13,15,31H2,(H,33,34)(H,35,36). The van der Waals surface area contributed by atoms with E-state index in [0.717, 1.165) is 42.2 Å². The zero-order valence-corrected chi connectivity index (χ0v) is 20.8. The van der Waals surface area contributed by atoms with Crippen molar-refractivity contribution in [3.05, 3.63) is 90.1 Å². The molecule has 8 heteroatoms. The molecular formula is C30H29N3O5. The van der Waals surface area contributed by atoms with Crippen LogP contribution in [0, 0.1) is 0 Å². The van der Waals surface area contributed by atoms with E-state index in [4.69, 9.17) is 15.2 Å². The van der Waals surface area contributed by atoms with Gasteiger partial charge in [-0.05, 0) is 78.4 Å². The van der Waals surface area contributed by atoms with Gasteiger partial charge >= 0.3 is 5.97 Å². The van der Waals surface area contributed by atoms with Crippen LogP contribution in [0.5, 0.6) is 17.4 Å². The molecule has 0 atom stereocenters. The first-order chi connectivity index (χ1) is 18.4. The highest BCUT2D eigenvalue weighted by molar-refractivity contribution is 6.01. The average molecular weight is 512 g/mol. The molecule has 1 heterocycles. The Hall–Kier alpha value is -4.43. The molecule has 1 aliphatic rings. The van der Waals surface area contributed by atoms with Crippen molar-refractivity contribution in [1.82, 2.24) is 4.98 Å². The number of carbonyl (C=O) groups is 2. The van der Waals surface area contributed by atoms with Gasteiger partial charge in [0.25, 0.3) is 0 Å². The summed E-state index contributed by atoms with van der Waals surface area (Å²) < 4.78 is 12.1. The van der Waals surface area contributed by atoms with Crippen molar-refractivity contribution in [2.24, 2.45) is 5.73 Å². The maximum Gasteiger partial charge on any atom is 0.337 e. The Bertz CT molecular complexity index is 1450. The molecule has 0 saturated heterocycles. The van der Waals surface area contributed by atoms with Crippen molar-refractivity contribution in [3.8, 4) is 17.4 Å². The molecule has 0 aliphatic heterocycles. The van der Waals surface area contributed by atoms with E-state index in [0.29, 0.717) is 23.2 Å². The van der Waals surface area contributed by atoms with E-state index in [1.165, 1.54) is 6.07 Å². The van der Waals surface area contributed by atoms with E-state index >= 15 is 0 Å². The van der Waals surface area contributed by atoms with Gasteiger partial charge in [0.1, 0.15) is 11.5 Å². The van der Waals surface area contributed by atoms with Crippen LogP contribution in [0.25, 0.3) is 10.8 Å². The minimum atomic E-state index is -1.10. The maximum absolute atomic E-state index is 12.4. The first-order valence-electron chi connectivity index (χ1n) is 12.6. The quantitative estimate of drug-likeness (QED) is 0.283. The predicted molar refractivity (Wildman–Crippen MR) is 145 cm³/mol. The number of benzene rings is 3. The smallest absolute Gasteiger partial charge is 0.337 e. The highest BCUT2D eigenvalue weighted by Crippen LogP contribution is 2.29. The van der Waals surface area contributed by atoms with Gasteiger partial charge in [-0.25, -0.2) is 9.78 Å². The molecule has 4 N–H and O–H groups in total. The number of para-hydroxylation sites is 1. The number of ether oxygens (including phenoxy) is 2. The van der Waals surface area contributed by atoms with Gasteiger partial charge in [-0.3, -0.25) is 4.79 Å². The van der Waals surface area contributed by atoms with E-state index in [2.05, 4.69) is 10.3 Å². The van der Waals surface area contributed by atoms with E-state index in [1.54, 1.807) is 36.5 Å². The first-order valence-corrected chi connectivity index (χ1v) is 12.6. The van der Waals surface area contributed by atoms with Crippen LogP contribution in [-0.4, -0.2) is 34.1 Å². The van der Waals surface area contributed by atoms with Crippen LogP contribution in [-0.2, 0) is 11.2 Å². The second-order valence-corrected chi connectivity index (χ2v) is 9.51. The number of carboxylic acid groups (broad SMARTS) is 1. The Morgan fingerprint density at radius 1 is 0.921 bits per heavy atom. The minimum Gasteiger partial charge on any atom is -0.490 e. The van der Waals surface area contributed by atoms with Gasteiger partial charge in [0, 0.05) is 18.3 Å². The molecule has 0 unspecified atom stereocenters. The fourth-order valence-corrected chi connectivity index (χ4v) is 4.59. The number of aromatic carboxylic acids is 1. The van der Waals surface area contributed by atoms with E-state index in [9.17, 15) is 14.7 Å². The van der Waals surface area contributed by atoms with Gasteiger partial charge in [-0.1, -0.05) is 30.3 Å². The Morgan fingerprint density at radius 2 is 1.63 bits per heavy atom. The van der Waals surface area contributed by atoms with Crippen LogP contribution in [0.15, 0.2) is 79.0 Å². The number of nitrogens with two attached hydrogens (primary N) is 1. The molecule has 0 radical (unpaired) electrons. The van der Waals surface area contributed by atoms with Crippen LogP contribution in [0.2, 0.25) is 0 Å². The van der Waals surface area contributed by atoms with Crippen LogP contribution < -0.4 is 20.5 Å². The Morgan fingerprint density at radius 3 is 2.34 bits per heavy atom. The molecule has 194 valence electrons. The summed E-state index contributed by atoms with van der Waals surface area (Å²) >= 11 is 0. The Balaban J connectivity index is 1.18. The molecule has 1 saturated carbocycles. The lowest BCUT2D eigenvalue weighted by Crippen LogP contribution is -2.31. The van der Waals surface area contributed by atoms with Crippen molar-refractivity contribution >= 4 is 28.3 Å². The Labute approximate surface area is 220 Å². The monoisotopic (exact) mass is 511 g/mol. The van der Waals surface area contributed by atoms with Crippen molar-refractivity contribution < 1.29 is 24.2 Å². The van der Waals surface area contributed by atoms with Gasteiger partial charge in [0.2, 0.25) is 11.8 Å². The zero-order valence-electron chi connectivity index (χ0n) is 20.8. The van der Waals surface area contributed by atoms with Crippen LogP contribution in [0.3, 0.4) is 0 Å². The molecule has 4 aromatic rings. The molecule has 0 bridgehead atoms. The van der Waals surface area contributed by atoms with Crippen LogP contribution in [0.1, 0.15) is 41.6 Å². The minimum absolute atomic E-state index is 0.0382. The molecule has 1 aromatic heterocycles. The SMILES string of the molecule is NC1CCC(Oc2ccc3cc(Oc4ccc(CC(=O)Nc5ccccc5C(=O)O)cn4)ccc3c2)CC1.